The third-order valence-electron chi connectivity index (χ3n) is 2.36. The second-order valence-corrected chi connectivity index (χ2v) is 4.06. The molecule has 16 heavy (non-hydrogen) atoms. The first-order valence-corrected chi connectivity index (χ1v) is 5.33. The molecule has 0 unspecified atom stereocenters. The Morgan fingerprint density at radius 1 is 1.38 bits per heavy atom. The summed E-state index contributed by atoms with van der Waals surface area (Å²) in [6.45, 7) is 6.64. The summed E-state index contributed by atoms with van der Waals surface area (Å²) >= 11 is 5.67. The maximum atomic E-state index is 5.67. The van der Waals surface area contributed by atoms with Crippen LogP contribution in [-0.2, 0) is 6.54 Å². The van der Waals surface area contributed by atoms with Gasteiger partial charge in [0.25, 0.3) is 0 Å². The maximum absolute atomic E-state index is 5.67. The van der Waals surface area contributed by atoms with Crippen LogP contribution in [0.5, 0.6) is 0 Å². The summed E-state index contributed by atoms with van der Waals surface area (Å²) in [5, 5.41) is 8.23. The van der Waals surface area contributed by atoms with Crippen LogP contribution >= 0.6 is 11.6 Å². The summed E-state index contributed by atoms with van der Waals surface area (Å²) in [6.07, 6.45) is 6.00. The van der Waals surface area contributed by atoms with Gasteiger partial charge in [-0.1, -0.05) is 18.2 Å². The second-order valence-electron chi connectivity index (χ2n) is 3.67. The van der Waals surface area contributed by atoms with E-state index >= 15 is 0 Å². The average Bonchev–Trinajstić information content (AvgIpc) is 2.27. The van der Waals surface area contributed by atoms with Crippen molar-refractivity contribution in [2.75, 3.05) is 0 Å². The molecular weight excluding hydrogens is 222 g/mol. The van der Waals surface area contributed by atoms with E-state index in [0.717, 1.165) is 16.8 Å². The molecular formula is C12H12ClN3. The van der Waals surface area contributed by atoms with Crippen molar-refractivity contribution < 1.29 is 0 Å². The van der Waals surface area contributed by atoms with E-state index in [2.05, 4.69) is 16.8 Å². The van der Waals surface area contributed by atoms with Crippen LogP contribution in [0.15, 0.2) is 48.3 Å². The Kier molecular flexibility index (Phi) is 3.06. The fraction of sp³-hybridized carbons (Fsp3) is 0.167. The zero-order valence-electron chi connectivity index (χ0n) is 9.02. The van der Waals surface area contributed by atoms with Crippen molar-refractivity contribution in [3.8, 4) is 0 Å². The normalized spacial score (nSPS) is 15.2. The molecule has 1 aliphatic rings. The summed E-state index contributed by atoms with van der Waals surface area (Å²) in [6, 6.07) is 3.61. The number of nitrogens with zero attached hydrogens (tertiary/aromatic N) is 3. The minimum absolute atomic E-state index is 0.415. The lowest BCUT2D eigenvalue weighted by Crippen LogP contribution is -2.14. The van der Waals surface area contributed by atoms with Crippen LogP contribution in [0.2, 0.25) is 5.15 Å². The molecule has 1 aromatic heterocycles. The Hall–Kier alpha value is -1.61. The fourth-order valence-corrected chi connectivity index (χ4v) is 1.51. The SMILES string of the molecule is C=C1C=CN(Cc2ccc(Cl)nn2)C=C1C. The molecule has 0 amide bonds. The standard InChI is InChI=1S/C12H12ClN3/c1-9-5-6-16(7-10(9)2)8-11-3-4-12(13)15-14-11/h3-7H,1,8H2,2H3. The number of rotatable bonds is 2. The average molecular weight is 234 g/mol. The lowest BCUT2D eigenvalue weighted by molar-refractivity contribution is 0.482. The topological polar surface area (TPSA) is 29.0 Å². The van der Waals surface area contributed by atoms with E-state index in [9.17, 15) is 0 Å². The van der Waals surface area contributed by atoms with Gasteiger partial charge in [-0.3, -0.25) is 0 Å². The monoisotopic (exact) mass is 233 g/mol. The highest BCUT2D eigenvalue weighted by atomic mass is 35.5. The molecule has 0 bridgehead atoms. The summed E-state index contributed by atoms with van der Waals surface area (Å²) in [5.74, 6) is 0. The molecule has 2 rings (SSSR count). The summed E-state index contributed by atoms with van der Waals surface area (Å²) in [5.41, 5.74) is 3.08. The quantitative estimate of drug-likeness (QED) is 0.787. The van der Waals surface area contributed by atoms with Crippen molar-refractivity contribution >= 4 is 11.6 Å². The largest absolute Gasteiger partial charge is 0.348 e. The van der Waals surface area contributed by atoms with Crippen molar-refractivity contribution in [3.05, 3.63) is 59.2 Å². The van der Waals surface area contributed by atoms with E-state index in [0.29, 0.717) is 11.7 Å². The Labute approximate surface area is 99.7 Å². The Bertz CT molecular complexity index is 460. The van der Waals surface area contributed by atoms with Crippen LogP contribution in [0.1, 0.15) is 12.6 Å². The van der Waals surface area contributed by atoms with Gasteiger partial charge in [0, 0.05) is 12.4 Å². The highest BCUT2D eigenvalue weighted by Crippen LogP contribution is 2.17. The third-order valence-corrected chi connectivity index (χ3v) is 2.57. The zero-order valence-corrected chi connectivity index (χ0v) is 9.78. The van der Waals surface area contributed by atoms with Gasteiger partial charge in [0.1, 0.15) is 0 Å². The van der Waals surface area contributed by atoms with Gasteiger partial charge < -0.3 is 4.90 Å². The molecule has 0 aliphatic carbocycles. The van der Waals surface area contributed by atoms with Gasteiger partial charge in [-0.05, 0) is 36.3 Å². The van der Waals surface area contributed by atoms with Gasteiger partial charge in [-0.25, -0.2) is 0 Å². The summed E-state index contributed by atoms with van der Waals surface area (Å²) in [7, 11) is 0. The first-order chi connectivity index (χ1) is 7.65. The molecule has 0 spiro atoms. The van der Waals surface area contributed by atoms with E-state index in [1.54, 1.807) is 6.07 Å². The minimum Gasteiger partial charge on any atom is -0.348 e. The molecule has 0 N–H and O–H groups in total. The molecule has 0 radical (unpaired) electrons. The molecule has 0 fully saturated rings. The number of allylic oxidation sites excluding steroid dienone is 3. The molecule has 0 saturated heterocycles. The summed E-state index contributed by atoms with van der Waals surface area (Å²) in [4.78, 5) is 2.04. The van der Waals surface area contributed by atoms with Gasteiger partial charge >= 0.3 is 0 Å². The molecule has 1 aliphatic heterocycles. The van der Waals surface area contributed by atoms with Crippen molar-refractivity contribution in [1.82, 2.24) is 15.1 Å². The molecule has 0 aromatic carbocycles. The number of halogens is 1. The van der Waals surface area contributed by atoms with Crippen molar-refractivity contribution in [1.29, 1.82) is 0 Å². The Morgan fingerprint density at radius 2 is 2.19 bits per heavy atom. The van der Waals surface area contributed by atoms with Crippen LogP contribution < -0.4 is 0 Å². The van der Waals surface area contributed by atoms with E-state index < -0.39 is 0 Å². The predicted molar refractivity (Wildman–Crippen MR) is 64.6 cm³/mol. The van der Waals surface area contributed by atoms with Gasteiger partial charge in [0.05, 0.1) is 12.2 Å². The van der Waals surface area contributed by atoms with Gasteiger partial charge in [-0.15, -0.1) is 5.10 Å². The lowest BCUT2D eigenvalue weighted by atomic mass is 10.1. The fourth-order valence-electron chi connectivity index (χ4n) is 1.41. The van der Waals surface area contributed by atoms with Crippen molar-refractivity contribution in [3.63, 3.8) is 0 Å². The molecule has 82 valence electrons. The predicted octanol–water partition coefficient (Wildman–Crippen LogP) is 2.92. The molecule has 1 aromatic rings. The van der Waals surface area contributed by atoms with Crippen LogP contribution in [0.25, 0.3) is 0 Å². The molecule has 0 saturated carbocycles. The van der Waals surface area contributed by atoms with Crippen LogP contribution in [0.4, 0.5) is 0 Å². The van der Waals surface area contributed by atoms with Crippen molar-refractivity contribution in [2.45, 2.75) is 13.5 Å². The second kappa shape index (κ2) is 4.49. The van der Waals surface area contributed by atoms with E-state index in [-0.39, 0.29) is 0 Å². The lowest BCUT2D eigenvalue weighted by Gasteiger charge is -2.20. The van der Waals surface area contributed by atoms with Crippen molar-refractivity contribution in [2.24, 2.45) is 0 Å². The summed E-state index contributed by atoms with van der Waals surface area (Å²) < 4.78 is 0. The van der Waals surface area contributed by atoms with Gasteiger partial charge in [0.2, 0.25) is 0 Å². The smallest absolute Gasteiger partial charge is 0.151 e. The third kappa shape index (κ3) is 2.49. The number of aromatic nitrogens is 2. The van der Waals surface area contributed by atoms with Gasteiger partial charge in [0.15, 0.2) is 5.15 Å². The van der Waals surface area contributed by atoms with Crippen LogP contribution in [0.3, 0.4) is 0 Å². The van der Waals surface area contributed by atoms with Crippen LogP contribution in [0, 0.1) is 0 Å². The highest BCUT2D eigenvalue weighted by molar-refractivity contribution is 6.29. The number of hydrogen-bond donors (Lipinski definition) is 0. The Morgan fingerprint density at radius 3 is 2.81 bits per heavy atom. The highest BCUT2D eigenvalue weighted by Gasteiger charge is 2.06. The zero-order chi connectivity index (χ0) is 11.5. The molecule has 3 nitrogen and oxygen atoms in total. The Balaban J connectivity index is 2.09. The first kappa shape index (κ1) is 10.9. The van der Waals surface area contributed by atoms with E-state index in [1.807, 2.05) is 36.4 Å². The van der Waals surface area contributed by atoms with Gasteiger partial charge in [-0.2, -0.15) is 5.10 Å². The molecule has 0 atom stereocenters. The van der Waals surface area contributed by atoms with E-state index in [4.69, 9.17) is 11.6 Å². The van der Waals surface area contributed by atoms with Crippen LogP contribution in [-0.4, -0.2) is 15.1 Å². The first-order valence-electron chi connectivity index (χ1n) is 4.95. The molecule has 2 heterocycles. The van der Waals surface area contributed by atoms with E-state index in [1.165, 1.54) is 0 Å². The number of hydrogen-bond acceptors (Lipinski definition) is 3. The minimum atomic E-state index is 0.415. The maximum Gasteiger partial charge on any atom is 0.151 e. The molecule has 4 heteroatoms.